The Bertz CT molecular complexity index is 95.2. The van der Waals surface area contributed by atoms with Gasteiger partial charge in [-0.1, -0.05) is 6.92 Å². The summed E-state index contributed by atoms with van der Waals surface area (Å²) in [7, 11) is 0.163. The predicted octanol–water partition coefficient (Wildman–Crippen LogP) is 0.930. The molecule has 0 amide bonds. The van der Waals surface area contributed by atoms with E-state index in [0.29, 0.717) is 13.2 Å². The van der Waals surface area contributed by atoms with Crippen molar-refractivity contribution in [2.75, 3.05) is 19.8 Å². The Kier molecular flexibility index (Phi) is 3.05. The molecule has 0 aliphatic carbocycles. The van der Waals surface area contributed by atoms with Crippen LogP contribution in [0.3, 0.4) is 0 Å². The lowest BCUT2D eigenvalue weighted by atomic mass is 9.88. The molecule has 10 heavy (non-hydrogen) atoms. The highest BCUT2D eigenvalue weighted by Gasteiger charge is 2.31. The molecule has 0 spiro atoms. The highest BCUT2D eigenvalue weighted by Crippen LogP contribution is 2.33. The van der Waals surface area contributed by atoms with E-state index in [4.69, 9.17) is 14.2 Å². The van der Waals surface area contributed by atoms with E-state index in [1.807, 2.05) is 6.92 Å². The van der Waals surface area contributed by atoms with Crippen LogP contribution in [-0.2, 0) is 9.05 Å². The second kappa shape index (κ2) is 3.63. The summed E-state index contributed by atoms with van der Waals surface area (Å²) in [5, 5.41) is 8.98. The molecule has 1 aliphatic heterocycles. The average Bonchev–Trinajstić information content (AvgIpc) is 2.06. The first-order valence-electron chi connectivity index (χ1n) is 3.42. The van der Waals surface area contributed by atoms with Gasteiger partial charge in [-0.05, 0) is 6.42 Å². The summed E-state index contributed by atoms with van der Waals surface area (Å²) in [6, 6.07) is 0. The van der Waals surface area contributed by atoms with Crippen molar-refractivity contribution < 1.29 is 14.2 Å². The van der Waals surface area contributed by atoms with Gasteiger partial charge >= 0.3 is 0 Å². The predicted molar refractivity (Wildman–Crippen MR) is 40.0 cm³/mol. The van der Waals surface area contributed by atoms with Gasteiger partial charge in [0.2, 0.25) is 0 Å². The van der Waals surface area contributed by atoms with E-state index in [-0.39, 0.29) is 21.1 Å². The molecule has 0 unspecified atom stereocenters. The molecule has 1 rings (SSSR count). The summed E-state index contributed by atoms with van der Waals surface area (Å²) in [6.07, 6.45) is 0.911. The Balaban J connectivity index is 2.44. The van der Waals surface area contributed by atoms with Gasteiger partial charge in [0.15, 0.2) is 9.03 Å². The first-order valence-corrected chi connectivity index (χ1v) is 4.24. The molecule has 0 aromatic rings. The normalized spacial score (nSPS) is 36.6. The lowest BCUT2D eigenvalue weighted by Gasteiger charge is -2.33. The van der Waals surface area contributed by atoms with Crippen molar-refractivity contribution in [2.45, 2.75) is 13.3 Å². The topological polar surface area (TPSA) is 38.7 Å². The Morgan fingerprint density at radius 1 is 1.50 bits per heavy atom. The Morgan fingerprint density at radius 3 is 2.40 bits per heavy atom. The Labute approximate surface area is 62.7 Å². The van der Waals surface area contributed by atoms with Crippen molar-refractivity contribution in [1.29, 1.82) is 0 Å². The fraction of sp³-hybridized carbons (Fsp3) is 1.00. The number of aliphatic hydroxyl groups is 1. The van der Waals surface area contributed by atoms with Crippen LogP contribution in [0.5, 0.6) is 0 Å². The van der Waals surface area contributed by atoms with Crippen LogP contribution in [0.2, 0.25) is 0 Å². The van der Waals surface area contributed by atoms with Crippen LogP contribution in [0, 0.1) is 5.41 Å². The van der Waals surface area contributed by atoms with Crippen LogP contribution in [0.15, 0.2) is 0 Å². The first-order chi connectivity index (χ1) is 4.83. The molecule has 0 aromatic heterocycles. The van der Waals surface area contributed by atoms with Crippen LogP contribution in [0.4, 0.5) is 0 Å². The quantitative estimate of drug-likeness (QED) is 0.617. The number of aliphatic hydroxyl groups excluding tert-OH is 1. The summed E-state index contributed by atoms with van der Waals surface area (Å²) in [5.74, 6) is 0. The first kappa shape index (κ1) is 8.41. The highest BCUT2D eigenvalue weighted by atomic mass is 31.1. The van der Waals surface area contributed by atoms with Gasteiger partial charge in [-0.3, -0.25) is 0 Å². The zero-order valence-electron chi connectivity index (χ0n) is 6.09. The summed E-state index contributed by atoms with van der Waals surface area (Å²) >= 11 is 0. The van der Waals surface area contributed by atoms with Crippen molar-refractivity contribution >= 4 is 9.03 Å². The van der Waals surface area contributed by atoms with E-state index < -0.39 is 0 Å². The molecule has 3 nitrogen and oxygen atoms in total. The van der Waals surface area contributed by atoms with Gasteiger partial charge < -0.3 is 14.2 Å². The van der Waals surface area contributed by atoms with Crippen LogP contribution < -0.4 is 0 Å². The third kappa shape index (κ3) is 1.67. The van der Waals surface area contributed by atoms with E-state index in [1.54, 1.807) is 0 Å². The smallest absolute Gasteiger partial charge is 0.155 e. The van der Waals surface area contributed by atoms with Crippen LogP contribution >= 0.6 is 9.03 Å². The molecule has 1 aliphatic rings. The Hall–Kier alpha value is 0.310. The van der Waals surface area contributed by atoms with Crippen molar-refractivity contribution in [1.82, 2.24) is 0 Å². The molecule has 0 radical (unpaired) electrons. The molecule has 0 bridgehead atoms. The molecule has 0 atom stereocenters. The van der Waals surface area contributed by atoms with Gasteiger partial charge in [-0.15, -0.1) is 0 Å². The maximum Gasteiger partial charge on any atom is 0.155 e. The molecule has 1 heterocycles. The number of hydrogen-bond acceptors (Lipinski definition) is 3. The second-order valence-electron chi connectivity index (χ2n) is 2.67. The minimum atomic E-state index is -0.120. The maximum absolute atomic E-state index is 8.98. The molecular formula is C6H13O3P. The lowest BCUT2D eigenvalue weighted by molar-refractivity contribution is -0.00499. The Morgan fingerprint density at radius 2 is 2.10 bits per heavy atom. The van der Waals surface area contributed by atoms with Gasteiger partial charge in [0, 0.05) is 5.41 Å². The second-order valence-corrected chi connectivity index (χ2v) is 3.42. The fourth-order valence-corrected chi connectivity index (χ4v) is 1.67. The van der Waals surface area contributed by atoms with E-state index in [9.17, 15) is 0 Å². The fourth-order valence-electron chi connectivity index (χ4n) is 0.856. The molecule has 60 valence electrons. The van der Waals surface area contributed by atoms with E-state index >= 15 is 0 Å². The van der Waals surface area contributed by atoms with Crippen LogP contribution in [0.25, 0.3) is 0 Å². The minimum absolute atomic E-state index is 0.120. The minimum Gasteiger partial charge on any atom is -0.396 e. The monoisotopic (exact) mass is 164 g/mol. The van der Waals surface area contributed by atoms with E-state index in [1.165, 1.54) is 0 Å². The molecular weight excluding hydrogens is 151 g/mol. The van der Waals surface area contributed by atoms with Crippen LogP contribution in [0.1, 0.15) is 13.3 Å². The molecule has 0 aromatic carbocycles. The number of hydrogen-bond donors (Lipinski definition) is 1. The molecule has 0 saturated carbocycles. The maximum atomic E-state index is 8.98. The van der Waals surface area contributed by atoms with E-state index in [0.717, 1.165) is 6.42 Å². The summed E-state index contributed by atoms with van der Waals surface area (Å²) in [4.78, 5) is 0. The molecule has 1 N–H and O–H groups in total. The summed E-state index contributed by atoms with van der Waals surface area (Å²) in [6.45, 7) is 3.47. The standard InChI is InChI=1S/C6H13O3P/c1-2-6(3-7)4-8-10-9-5-6/h7,10H,2-5H2,1H3. The highest BCUT2D eigenvalue weighted by molar-refractivity contribution is 7.26. The number of rotatable bonds is 2. The van der Waals surface area contributed by atoms with Gasteiger partial charge in [-0.25, -0.2) is 0 Å². The zero-order valence-corrected chi connectivity index (χ0v) is 7.09. The average molecular weight is 164 g/mol. The van der Waals surface area contributed by atoms with Gasteiger partial charge in [0.05, 0.1) is 19.8 Å². The molecule has 4 heteroatoms. The summed E-state index contributed by atoms with van der Waals surface area (Å²) < 4.78 is 10.2. The van der Waals surface area contributed by atoms with E-state index in [2.05, 4.69) is 0 Å². The van der Waals surface area contributed by atoms with Crippen molar-refractivity contribution in [2.24, 2.45) is 5.41 Å². The van der Waals surface area contributed by atoms with Crippen LogP contribution in [-0.4, -0.2) is 24.9 Å². The SMILES string of the molecule is CCC1(CO)COPOC1. The third-order valence-corrected chi connectivity index (χ3v) is 2.48. The summed E-state index contributed by atoms with van der Waals surface area (Å²) in [5.41, 5.74) is -0.120. The third-order valence-electron chi connectivity index (χ3n) is 1.96. The van der Waals surface area contributed by atoms with Gasteiger partial charge in [-0.2, -0.15) is 0 Å². The largest absolute Gasteiger partial charge is 0.396 e. The van der Waals surface area contributed by atoms with Crippen molar-refractivity contribution in [3.63, 3.8) is 0 Å². The molecule has 1 fully saturated rings. The zero-order chi connectivity index (χ0) is 7.45. The molecule has 1 saturated heterocycles. The van der Waals surface area contributed by atoms with Gasteiger partial charge in [0.1, 0.15) is 0 Å². The van der Waals surface area contributed by atoms with Crippen molar-refractivity contribution in [3.8, 4) is 0 Å². The lowest BCUT2D eigenvalue weighted by Crippen LogP contribution is -2.36. The van der Waals surface area contributed by atoms with Crippen molar-refractivity contribution in [3.05, 3.63) is 0 Å². The van der Waals surface area contributed by atoms with Gasteiger partial charge in [0.25, 0.3) is 0 Å².